The SMILES string of the molecule is C=CCOC(=O)C1(C)CCCN(S(=O)(=O)c2ccc(C)cc2)C1=O. The molecule has 0 aromatic heterocycles. The molecule has 0 radical (unpaired) electrons. The lowest BCUT2D eigenvalue weighted by Crippen LogP contribution is -2.53. The van der Waals surface area contributed by atoms with Crippen molar-refractivity contribution in [3.05, 3.63) is 42.5 Å². The Labute approximate surface area is 142 Å². The topological polar surface area (TPSA) is 80.8 Å². The monoisotopic (exact) mass is 351 g/mol. The fourth-order valence-corrected chi connectivity index (χ4v) is 4.13. The summed E-state index contributed by atoms with van der Waals surface area (Å²) >= 11 is 0. The van der Waals surface area contributed by atoms with Crippen molar-refractivity contribution < 1.29 is 22.7 Å². The average molecular weight is 351 g/mol. The lowest BCUT2D eigenvalue weighted by atomic mass is 9.82. The van der Waals surface area contributed by atoms with Crippen LogP contribution in [0.5, 0.6) is 0 Å². The van der Waals surface area contributed by atoms with Gasteiger partial charge in [-0.05, 0) is 38.8 Å². The van der Waals surface area contributed by atoms with Crippen LogP contribution in [-0.2, 0) is 24.3 Å². The number of nitrogens with zero attached hydrogens (tertiary/aromatic N) is 1. The zero-order chi connectivity index (χ0) is 18.0. The van der Waals surface area contributed by atoms with Gasteiger partial charge in [-0.25, -0.2) is 12.7 Å². The minimum atomic E-state index is -4.00. The molecule has 1 amide bonds. The van der Waals surface area contributed by atoms with E-state index in [0.29, 0.717) is 6.42 Å². The van der Waals surface area contributed by atoms with Crippen LogP contribution in [0.25, 0.3) is 0 Å². The molecule has 1 aromatic rings. The van der Waals surface area contributed by atoms with Gasteiger partial charge >= 0.3 is 5.97 Å². The predicted octanol–water partition coefficient (Wildman–Crippen LogP) is 2.04. The van der Waals surface area contributed by atoms with E-state index in [4.69, 9.17) is 4.74 Å². The first-order chi connectivity index (χ1) is 11.2. The standard InChI is InChI=1S/C17H21NO5S/c1-4-12-23-16(20)17(3)10-5-11-18(15(17)19)24(21,22)14-8-6-13(2)7-9-14/h4,6-9H,1,5,10-12H2,2-3H3. The van der Waals surface area contributed by atoms with Crippen molar-refractivity contribution in [1.29, 1.82) is 0 Å². The van der Waals surface area contributed by atoms with Crippen molar-refractivity contribution in [2.24, 2.45) is 5.41 Å². The largest absolute Gasteiger partial charge is 0.461 e. The first-order valence-electron chi connectivity index (χ1n) is 7.65. The van der Waals surface area contributed by atoms with Crippen molar-refractivity contribution in [2.75, 3.05) is 13.2 Å². The van der Waals surface area contributed by atoms with E-state index in [0.717, 1.165) is 9.87 Å². The highest BCUT2D eigenvalue weighted by molar-refractivity contribution is 7.89. The number of sulfonamides is 1. The van der Waals surface area contributed by atoms with Crippen LogP contribution < -0.4 is 0 Å². The van der Waals surface area contributed by atoms with Gasteiger partial charge in [0.05, 0.1) is 4.90 Å². The molecule has 1 aliphatic rings. The molecule has 1 heterocycles. The second kappa shape index (κ2) is 6.76. The molecule has 0 N–H and O–H groups in total. The maximum Gasteiger partial charge on any atom is 0.321 e. The molecule has 1 fully saturated rings. The molecule has 1 aliphatic heterocycles. The van der Waals surface area contributed by atoms with Gasteiger partial charge in [-0.15, -0.1) is 0 Å². The summed E-state index contributed by atoms with van der Waals surface area (Å²) in [6, 6.07) is 6.25. The van der Waals surface area contributed by atoms with E-state index in [1.54, 1.807) is 12.1 Å². The molecule has 0 spiro atoms. The summed E-state index contributed by atoms with van der Waals surface area (Å²) in [5.74, 6) is -1.47. The summed E-state index contributed by atoms with van der Waals surface area (Å²) in [5, 5.41) is 0. The van der Waals surface area contributed by atoms with E-state index in [-0.39, 0.29) is 24.5 Å². The third-order valence-electron chi connectivity index (χ3n) is 4.13. The Morgan fingerprint density at radius 3 is 2.58 bits per heavy atom. The van der Waals surface area contributed by atoms with Crippen molar-refractivity contribution in [2.45, 2.75) is 31.6 Å². The Morgan fingerprint density at radius 2 is 2.00 bits per heavy atom. The van der Waals surface area contributed by atoms with E-state index < -0.39 is 27.3 Å². The zero-order valence-corrected chi connectivity index (χ0v) is 14.6. The fourth-order valence-electron chi connectivity index (χ4n) is 2.61. The van der Waals surface area contributed by atoms with Crippen LogP contribution in [0.3, 0.4) is 0 Å². The molecule has 1 atom stereocenters. The van der Waals surface area contributed by atoms with E-state index in [1.807, 2.05) is 6.92 Å². The Bertz CT molecular complexity index is 754. The van der Waals surface area contributed by atoms with Crippen molar-refractivity contribution in [3.63, 3.8) is 0 Å². The Morgan fingerprint density at radius 1 is 1.38 bits per heavy atom. The summed E-state index contributed by atoms with van der Waals surface area (Å²) in [5.41, 5.74) is -0.587. The number of carbonyl (C=O) groups excluding carboxylic acids is 2. The van der Waals surface area contributed by atoms with Crippen LogP contribution >= 0.6 is 0 Å². The molecule has 24 heavy (non-hydrogen) atoms. The molecule has 6 nitrogen and oxygen atoms in total. The molecule has 1 unspecified atom stereocenters. The molecule has 1 aromatic carbocycles. The summed E-state index contributed by atoms with van der Waals surface area (Å²) in [7, 11) is -4.00. The van der Waals surface area contributed by atoms with Crippen LogP contribution in [-0.4, -0.2) is 37.8 Å². The normalized spacial score (nSPS) is 21.4. The van der Waals surface area contributed by atoms with E-state index in [9.17, 15) is 18.0 Å². The highest BCUT2D eigenvalue weighted by atomic mass is 32.2. The number of ether oxygens (including phenoxy) is 1. The van der Waals surface area contributed by atoms with Gasteiger partial charge in [0.2, 0.25) is 0 Å². The smallest absolute Gasteiger partial charge is 0.321 e. The highest BCUT2D eigenvalue weighted by Crippen LogP contribution is 2.35. The third kappa shape index (κ3) is 3.21. The van der Waals surface area contributed by atoms with Gasteiger partial charge in [0.1, 0.15) is 12.0 Å². The molecular formula is C17H21NO5S. The lowest BCUT2D eigenvalue weighted by molar-refractivity contribution is -0.163. The Kier molecular flexibility index (Phi) is 5.13. The summed E-state index contributed by atoms with van der Waals surface area (Å²) in [6.45, 7) is 6.76. The number of hydrogen-bond acceptors (Lipinski definition) is 5. The number of hydrogen-bond donors (Lipinski definition) is 0. The van der Waals surface area contributed by atoms with Gasteiger partial charge in [-0.1, -0.05) is 30.4 Å². The molecular weight excluding hydrogens is 330 g/mol. The zero-order valence-electron chi connectivity index (χ0n) is 13.8. The minimum absolute atomic E-state index is 0.0214. The number of aryl methyl sites for hydroxylation is 1. The molecule has 7 heteroatoms. The third-order valence-corrected chi connectivity index (χ3v) is 5.92. The van der Waals surface area contributed by atoms with E-state index in [1.165, 1.54) is 25.1 Å². The first kappa shape index (κ1) is 18.2. The second-order valence-corrected chi connectivity index (χ2v) is 7.88. The number of piperidine rings is 1. The van der Waals surface area contributed by atoms with Crippen LogP contribution in [0.1, 0.15) is 25.3 Å². The maximum absolute atomic E-state index is 12.8. The van der Waals surface area contributed by atoms with Gasteiger partial charge < -0.3 is 4.74 Å². The molecule has 0 saturated carbocycles. The number of amides is 1. The van der Waals surface area contributed by atoms with Crippen LogP contribution in [0.2, 0.25) is 0 Å². The lowest BCUT2D eigenvalue weighted by Gasteiger charge is -2.36. The molecule has 130 valence electrons. The molecule has 0 bridgehead atoms. The summed E-state index contributed by atoms with van der Waals surface area (Å²) in [6.07, 6.45) is 2.05. The van der Waals surface area contributed by atoms with Crippen molar-refractivity contribution >= 4 is 21.9 Å². The van der Waals surface area contributed by atoms with Crippen molar-refractivity contribution in [3.8, 4) is 0 Å². The van der Waals surface area contributed by atoms with E-state index >= 15 is 0 Å². The van der Waals surface area contributed by atoms with Gasteiger partial charge in [-0.3, -0.25) is 9.59 Å². The number of carbonyl (C=O) groups is 2. The highest BCUT2D eigenvalue weighted by Gasteiger charge is 2.50. The number of rotatable bonds is 5. The van der Waals surface area contributed by atoms with Gasteiger partial charge in [0, 0.05) is 6.54 Å². The van der Waals surface area contributed by atoms with Gasteiger partial charge in [0.15, 0.2) is 0 Å². The Hall–Kier alpha value is -2.15. The predicted molar refractivity (Wildman–Crippen MR) is 88.6 cm³/mol. The van der Waals surface area contributed by atoms with Crippen LogP contribution in [0, 0.1) is 12.3 Å². The number of esters is 1. The van der Waals surface area contributed by atoms with Gasteiger partial charge in [0.25, 0.3) is 15.9 Å². The van der Waals surface area contributed by atoms with Crippen molar-refractivity contribution in [1.82, 2.24) is 4.31 Å². The van der Waals surface area contributed by atoms with Crippen LogP contribution in [0.15, 0.2) is 41.8 Å². The maximum atomic E-state index is 12.8. The second-order valence-electron chi connectivity index (χ2n) is 6.02. The molecule has 0 aliphatic carbocycles. The molecule has 1 saturated heterocycles. The number of benzene rings is 1. The quantitative estimate of drug-likeness (QED) is 0.461. The minimum Gasteiger partial charge on any atom is -0.461 e. The Balaban J connectivity index is 2.34. The van der Waals surface area contributed by atoms with Gasteiger partial charge in [-0.2, -0.15) is 0 Å². The average Bonchev–Trinajstić information content (AvgIpc) is 2.55. The first-order valence-corrected chi connectivity index (χ1v) is 9.09. The molecule has 2 rings (SSSR count). The fraction of sp³-hybridized carbons (Fsp3) is 0.412. The van der Waals surface area contributed by atoms with E-state index in [2.05, 4.69) is 6.58 Å². The summed E-state index contributed by atoms with van der Waals surface area (Å²) in [4.78, 5) is 25.0. The summed E-state index contributed by atoms with van der Waals surface area (Å²) < 4.78 is 31.3. The van der Waals surface area contributed by atoms with Crippen LogP contribution in [0.4, 0.5) is 0 Å².